The van der Waals surface area contributed by atoms with Crippen molar-refractivity contribution in [1.29, 1.82) is 0 Å². The lowest BCUT2D eigenvalue weighted by Gasteiger charge is -2.23. The van der Waals surface area contributed by atoms with Crippen LogP contribution in [0.15, 0.2) is 23.4 Å². The second-order valence-corrected chi connectivity index (χ2v) is 6.47. The van der Waals surface area contributed by atoms with Crippen molar-refractivity contribution in [3.63, 3.8) is 0 Å². The number of aromatic carboxylic acids is 1. The Morgan fingerprint density at radius 3 is 2.62 bits per heavy atom. The molecule has 0 saturated carbocycles. The second-order valence-electron chi connectivity index (χ2n) is 4.75. The van der Waals surface area contributed by atoms with Crippen molar-refractivity contribution in [2.24, 2.45) is 0 Å². The van der Waals surface area contributed by atoms with Crippen LogP contribution in [0.3, 0.4) is 0 Å². The quantitative estimate of drug-likeness (QED) is 0.608. The molecule has 1 heterocycles. The van der Waals surface area contributed by atoms with E-state index in [1.807, 2.05) is 0 Å². The highest BCUT2D eigenvalue weighted by atomic mass is 32.2. The van der Waals surface area contributed by atoms with Gasteiger partial charge in [-0.2, -0.15) is 0 Å². The third-order valence-electron chi connectivity index (χ3n) is 2.75. The largest absolute Gasteiger partial charge is 0.478 e. The predicted octanol–water partition coefficient (Wildman–Crippen LogP) is -0.154. The summed E-state index contributed by atoms with van der Waals surface area (Å²) in [6.45, 7) is 1.57. The number of ether oxygens (including phenoxy) is 1. The van der Waals surface area contributed by atoms with E-state index in [1.165, 1.54) is 14.0 Å². The molecule has 1 aromatic heterocycles. The molecular weight excluding hydrogens is 300 g/mol. The van der Waals surface area contributed by atoms with Crippen LogP contribution in [0.5, 0.6) is 0 Å². The number of carboxylic acid groups (broad SMARTS) is 1. The number of nitrogens with one attached hydrogen (secondary N) is 1. The van der Waals surface area contributed by atoms with Gasteiger partial charge in [-0.15, -0.1) is 0 Å². The lowest BCUT2D eigenvalue weighted by molar-refractivity contribution is 0.0292. The molecule has 21 heavy (non-hydrogen) atoms. The summed E-state index contributed by atoms with van der Waals surface area (Å²) in [5.74, 6) is -1.19. The maximum absolute atomic E-state index is 12.0. The van der Waals surface area contributed by atoms with E-state index in [0.29, 0.717) is 6.61 Å². The first kappa shape index (κ1) is 17.5. The molecule has 118 valence electrons. The average molecular weight is 318 g/mol. The molecule has 1 unspecified atom stereocenters. The molecule has 0 radical (unpaired) electrons. The van der Waals surface area contributed by atoms with Crippen molar-refractivity contribution in [2.45, 2.75) is 24.0 Å². The van der Waals surface area contributed by atoms with Crippen LogP contribution in [0.4, 0.5) is 0 Å². The molecule has 1 rings (SSSR count). The number of rotatable bonds is 8. The molecule has 1 aromatic rings. The zero-order chi connectivity index (χ0) is 16.1. The summed E-state index contributed by atoms with van der Waals surface area (Å²) in [4.78, 5) is 14.3. The summed E-state index contributed by atoms with van der Waals surface area (Å²) in [6.07, 6.45) is 1.22. The first-order chi connectivity index (χ1) is 9.68. The zero-order valence-corrected chi connectivity index (χ0v) is 12.6. The van der Waals surface area contributed by atoms with Gasteiger partial charge in [0, 0.05) is 32.9 Å². The molecule has 0 spiro atoms. The fraction of sp³-hybridized carbons (Fsp3) is 0.500. The normalized spacial score (nSPS) is 14.6. The van der Waals surface area contributed by atoms with Crippen molar-refractivity contribution in [2.75, 3.05) is 20.3 Å². The molecule has 0 aliphatic carbocycles. The van der Waals surface area contributed by atoms with Gasteiger partial charge in [-0.25, -0.2) is 22.9 Å². The SMILES string of the molecule is COCCC(C)(O)CNS(=O)(=O)c1ccc(C(=O)O)cn1. The summed E-state index contributed by atoms with van der Waals surface area (Å²) in [5, 5.41) is 18.4. The Hall–Kier alpha value is -1.55. The van der Waals surface area contributed by atoms with Crippen molar-refractivity contribution < 1.29 is 28.2 Å². The number of carbonyl (C=O) groups is 1. The number of nitrogens with zero attached hydrogens (tertiary/aromatic N) is 1. The van der Waals surface area contributed by atoms with E-state index in [0.717, 1.165) is 18.3 Å². The van der Waals surface area contributed by atoms with Crippen LogP contribution in [0.2, 0.25) is 0 Å². The number of carboxylic acids is 1. The number of sulfonamides is 1. The van der Waals surface area contributed by atoms with Gasteiger partial charge in [-0.3, -0.25) is 0 Å². The van der Waals surface area contributed by atoms with Crippen LogP contribution in [-0.4, -0.2) is 55.4 Å². The summed E-state index contributed by atoms with van der Waals surface area (Å²) in [6, 6.07) is 2.24. The number of pyridine rings is 1. The Kier molecular flexibility index (Phi) is 5.78. The summed E-state index contributed by atoms with van der Waals surface area (Å²) in [5.41, 5.74) is -1.37. The van der Waals surface area contributed by atoms with Crippen molar-refractivity contribution in [3.05, 3.63) is 23.9 Å². The average Bonchev–Trinajstić information content (AvgIpc) is 2.43. The topological polar surface area (TPSA) is 126 Å². The number of methoxy groups -OCH3 is 1. The van der Waals surface area contributed by atoms with Gasteiger partial charge in [-0.05, 0) is 19.1 Å². The van der Waals surface area contributed by atoms with Crippen molar-refractivity contribution in [3.8, 4) is 0 Å². The van der Waals surface area contributed by atoms with E-state index in [1.54, 1.807) is 0 Å². The Morgan fingerprint density at radius 2 is 2.14 bits per heavy atom. The van der Waals surface area contributed by atoms with Crippen LogP contribution in [0.1, 0.15) is 23.7 Å². The summed E-state index contributed by atoms with van der Waals surface area (Å²) >= 11 is 0. The molecule has 0 aliphatic heterocycles. The van der Waals surface area contributed by atoms with Gasteiger partial charge in [0.05, 0.1) is 11.2 Å². The Bertz CT molecular complexity index is 582. The summed E-state index contributed by atoms with van der Waals surface area (Å²) in [7, 11) is -2.44. The predicted molar refractivity (Wildman–Crippen MR) is 73.5 cm³/mol. The molecule has 0 amide bonds. The van der Waals surface area contributed by atoms with E-state index < -0.39 is 21.6 Å². The first-order valence-electron chi connectivity index (χ1n) is 6.08. The number of aliphatic hydroxyl groups is 1. The Balaban J connectivity index is 2.75. The smallest absolute Gasteiger partial charge is 0.337 e. The molecule has 0 bridgehead atoms. The molecule has 0 saturated heterocycles. The van der Waals surface area contributed by atoms with E-state index >= 15 is 0 Å². The zero-order valence-electron chi connectivity index (χ0n) is 11.7. The molecular formula is C12H18N2O6S. The first-order valence-corrected chi connectivity index (χ1v) is 7.56. The van der Waals surface area contributed by atoms with E-state index in [2.05, 4.69) is 9.71 Å². The lowest BCUT2D eigenvalue weighted by atomic mass is 10.0. The number of hydrogen-bond acceptors (Lipinski definition) is 6. The summed E-state index contributed by atoms with van der Waals surface area (Å²) < 4.78 is 31.0. The highest BCUT2D eigenvalue weighted by molar-refractivity contribution is 7.89. The fourth-order valence-electron chi connectivity index (χ4n) is 1.40. The molecule has 0 aliphatic rings. The minimum absolute atomic E-state index is 0.110. The van der Waals surface area contributed by atoms with Gasteiger partial charge >= 0.3 is 5.97 Å². The molecule has 1 atom stereocenters. The maximum atomic E-state index is 12.0. The van der Waals surface area contributed by atoms with Crippen LogP contribution >= 0.6 is 0 Å². The minimum atomic E-state index is -3.92. The van der Waals surface area contributed by atoms with Gasteiger partial charge in [0.1, 0.15) is 0 Å². The Morgan fingerprint density at radius 1 is 1.48 bits per heavy atom. The van der Waals surface area contributed by atoms with Gasteiger partial charge in [-0.1, -0.05) is 0 Å². The van der Waals surface area contributed by atoms with E-state index in [-0.39, 0.29) is 23.6 Å². The molecule has 3 N–H and O–H groups in total. The Labute approximate surface area is 122 Å². The van der Waals surface area contributed by atoms with Gasteiger partial charge in [0.15, 0.2) is 5.03 Å². The second kappa shape index (κ2) is 6.94. The van der Waals surface area contributed by atoms with Crippen LogP contribution in [0, 0.1) is 0 Å². The van der Waals surface area contributed by atoms with Crippen LogP contribution in [0.25, 0.3) is 0 Å². The van der Waals surface area contributed by atoms with Gasteiger partial charge in [0.2, 0.25) is 0 Å². The minimum Gasteiger partial charge on any atom is -0.478 e. The van der Waals surface area contributed by atoms with Crippen LogP contribution in [-0.2, 0) is 14.8 Å². The molecule has 8 nitrogen and oxygen atoms in total. The highest BCUT2D eigenvalue weighted by Gasteiger charge is 2.24. The lowest BCUT2D eigenvalue weighted by Crippen LogP contribution is -2.41. The maximum Gasteiger partial charge on any atom is 0.337 e. The molecule has 0 aromatic carbocycles. The van der Waals surface area contributed by atoms with Crippen molar-refractivity contribution in [1.82, 2.24) is 9.71 Å². The molecule has 9 heteroatoms. The standard InChI is InChI=1S/C12H18N2O6S/c1-12(17,5-6-20-2)8-14-21(18,19)10-4-3-9(7-13-10)11(15)16/h3-4,7,14,17H,5-6,8H2,1-2H3,(H,15,16). The number of aromatic nitrogens is 1. The highest BCUT2D eigenvalue weighted by Crippen LogP contribution is 2.11. The van der Waals surface area contributed by atoms with Gasteiger partial charge < -0.3 is 14.9 Å². The monoisotopic (exact) mass is 318 g/mol. The number of hydrogen-bond donors (Lipinski definition) is 3. The van der Waals surface area contributed by atoms with E-state index in [4.69, 9.17) is 9.84 Å². The van der Waals surface area contributed by atoms with Crippen molar-refractivity contribution >= 4 is 16.0 Å². The molecule has 0 fully saturated rings. The van der Waals surface area contributed by atoms with E-state index in [9.17, 15) is 18.3 Å². The third-order valence-corrected chi connectivity index (χ3v) is 4.06. The third kappa shape index (κ3) is 5.38. The van der Waals surface area contributed by atoms with Gasteiger partial charge in [0.25, 0.3) is 10.0 Å². The fourth-order valence-corrected chi connectivity index (χ4v) is 2.49. The van der Waals surface area contributed by atoms with Crippen LogP contribution < -0.4 is 4.72 Å².